The predicted octanol–water partition coefficient (Wildman–Crippen LogP) is 3.51. The number of aliphatic imine (C=N–C) groups is 1. The van der Waals surface area contributed by atoms with Gasteiger partial charge in [0.2, 0.25) is 0 Å². The molecule has 0 spiro atoms. The first kappa shape index (κ1) is 21.5. The van der Waals surface area contributed by atoms with Crippen molar-refractivity contribution in [2.24, 2.45) is 4.99 Å². The minimum Gasteiger partial charge on any atom is -0.511 e. The van der Waals surface area contributed by atoms with Crippen LogP contribution in [-0.4, -0.2) is 46.9 Å². The zero-order valence-electron chi connectivity index (χ0n) is 16.5. The molecule has 1 aromatic rings. The van der Waals surface area contributed by atoms with Crippen molar-refractivity contribution < 1.29 is 29.3 Å². The fraction of sp³-hybridized carbons (Fsp3) is 0.476. The van der Waals surface area contributed by atoms with Gasteiger partial charge >= 0.3 is 5.97 Å². The number of rotatable bonds is 8. The summed E-state index contributed by atoms with van der Waals surface area (Å²) in [5, 5.41) is 19.8. The number of Topliss-reactive ketones (excluding diaryl/α,β-unsaturated/α-hetero) is 1. The summed E-state index contributed by atoms with van der Waals surface area (Å²) < 4.78 is 11.1. The van der Waals surface area contributed by atoms with E-state index in [4.69, 9.17) is 14.6 Å². The SMILES string of the molecule is CCOc1ccc(C/C(O)=C2\C(=O)CCCC2=NC(C)C(=O)O)cc1OCC. The monoisotopic (exact) mass is 389 g/mol. The van der Waals surface area contributed by atoms with Crippen LogP contribution in [0.2, 0.25) is 0 Å². The molecule has 1 atom stereocenters. The Balaban J connectivity index is 2.36. The molecule has 0 aliphatic heterocycles. The number of aliphatic hydroxyl groups is 1. The number of hydrogen-bond donors (Lipinski definition) is 2. The number of carbonyl (C=O) groups is 2. The average molecular weight is 389 g/mol. The van der Waals surface area contributed by atoms with Gasteiger partial charge in [0.25, 0.3) is 0 Å². The number of ether oxygens (including phenoxy) is 2. The van der Waals surface area contributed by atoms with Crippen LogP contribution in [0.1, 0.15) is 45.6 Å². The molecule has 7 heteroatoms. The second-order valence-electron chi connectivity index (χ2n) is 6.51. The van der Waals surface area contributed by atoms with Crippen molar-refractivity contribution in [1.29, 1.82) is 0 Å². The van der Waals surface area contributed by atoms with Crippen molar-refractivity contribution in [3.63, 3.8) is 0 Å². The first-order chi connectivity index (χ1) is 13.4. The van der Waals surface area contributed by atoms with Crippen LogP contribution < -0.4 is 9.47 Å². The normalized spacial score (nSPS) is 18.7. The molecule has 1 aliphatic rings. The number of aliphatic hydroxyl groups excluding tert-OH is 1. The Morgan fingerprint density at radius 2 is 1.82 bits per heavy atom. The third kappa shape index (κ3) is 5.34. The molecular weight excluding hydrogens is 362 g/mol. The fourth-order valence-corrected chi connectivity index (χ4v) is 3.06. The van der Waals surface area contributed by atoms with E-state index >= 15 is 0 Å². The van der Waals surface area contributed by atoms with Crippen LogP contribution in [0.15, 0.2) is 34.5 Å². The molecule has 0 saturated heterocycles. The van der Waals surface area contributed by atoms with Crippen molar-refractivity contribution in [3.05, 3.63) is 35.1 Å². The van der Waals surface area contributed by atoms with E-state index in [1.807, 2.05) is 13.8 Å². The summed E-state index contributed by atoms with van der Waals surface area (Å²) in [4.78, 5) is 27.7. The van der Waals surface area contributed by atoms with E-state index in [1.165, 1.54) is 6.92 Å². The van der Waals surface area contributed by atoms with Gasteiger partial charge in [-0.1, -0.05) is 6.07 Å². The summed E-state index contributed by atoms with van der Waals surface area (Å²) in [6.07, 6.45) is 1.50. The predicted molar refractivity (Wildman–Crippen MR) is 106 cm³/mol. The second kappa shape index (κ2) is 9.92. The topological polar surface area (TPSA) is 105 Å². The highest BCUT2D eigenvalue weighted by Gasteiger charge is 2.27. The van der Waals surface area contributed by atoms with Crippen LogP contribution in [0.5, 0.6) is 11.5 Å². The first-order valence-electron chi connectivity index (χ1n) is 9.51. The van der Waals surface area contributed by atoms with Gasteiger partial charge in [-0.15, -0.1) is 0 Å². The number of carboxylic acids is 1. The third-order valence-corrected chi connectivity index (χ3v) is 4.36. The van der Waals surface area contributed by atoms with Crippen molar-refractivity contribution >= 4 is 17.5 Å². The van der Waals surface area contributed by atoms with Crippen molar-refractivity contribution in [2.45, 2.75) is 52.5 Å². The van der Waals surface area contributed by atoms with E-state index in [0.717, 1.165) is 5.56 Å². The number of allylic oxidation sites excluding steroid dienone is 2. The lowest BCUT2D eigenvalue weighted by molar-refractivity contribution is -0.138. The number of aliphatic carboxylic acids is 1. The van der Waals surface area contributed by atoms with Gasteiger partial charge < -0.3 is 19.7 Å². The van der Waals surface area contributed by atoms with E-state index < -0.39 is 12.0 Å². The number of nitrogens with zero attached hydrogens (tertiary/aromatic N) is 1. The van der Waals surface area contributed by atoms with Gasteiger partial charge in [-0.2, -0.15) is 0 Å². The lowest BCUT2D eigenvalue weighted by Crippen LogP contribution is -2.25. The Kier molecular flexibility index (Phi) is 7.61. The molecule has 0 aromatic heterocycles. The lowest BCUT2D eigenvalue weighted by Gasteiger charge is -2.19. The molecule has 2 N–H and O–H groups in total. The number of hydrogen-bond acceptors (Lipinski definition) is 6. The fourth-order valence-electron chi connectivity index (χ4n) is 3.06. The van der Waals surface area contributed by atoms with E-state index in [2.05, 4.69) is 4.99 Å². The smallest absolute Gasteiger partial charge is 0.328 e. The summed E-state index contributed by atoms with van der Waals surface area (Å²) in [7, 11) is 0. The number of carboxylic acid groups (broad SMARTS) is 1. The number of carbonyl (C=O) groups excluding carboxylic acids is 1. The van der Waals surface area contributed by atoms with E-state index in [9.17, 15) is 14.7 Å². The average Bonchev–Trinajstić information content (AvgIpc) is 2.64. The van der Waals surface area contributed by atoms with Crippen molar-refractivity contribution in [2.75, 3.05) is 13.2 Å². The van der Waals surface area contributed by atoms with E-state index in [-0.39, 0.29) is 23.5 Å². The Morgan fingerprint density at radius 1 is 1.14 bits per heavy atom. The molecule has 1 saturated carbocycles. The maximum atomic E-state index is 12.4. The summed E-state index contributed by atoms with van der Waals surface area (Å²) in [5.74, 6) is -0.199. The molecule has 2 rings (SSSR count). The van der Waals surface area contributed by atoms with Crippen LogP contribution in [-0.2, 0) is 16.0 Å². The lowest BCUT2D eigenvalue weighted by atomic mass is 9.89. The minimum absolute atomic E-state index is 0.104. The van der Waals surface area contributed by atoms with Gasteiger partial charge in [-0.25, -0.2) is 4.79 Å². The molecule has 1 fully saturated rings. The minimum atomic E-state index is -1.07. The zero-order valence-corrected chi connectivity index (χ0v) is 16.5. The number of ketones is 1. The maximum absolute atomic E-state index is 12.4. The molecule has 7 nitrogen and oxygen atoms in total. The van der Waals surface area contributed by atoms with Crippen LogP contribution in [0, 0.1) is 0 Å². The molecule has 0 radical (unpaired) electrons. The molecule has 1 aliphatic carbocycles. The summed E-state index contributed by atoms with van der Waals surface area (Å²) in [5.41, 5.74) is 1.26. The summed E-state index contributed by atoms with van der Waals surface area (Å²) in [6, 6.07) is 4.37. The first-order valence-corrected chi connectivity index (χ1v) is 9.51. The molecule has 0 amide bonds. The molecule has 0 heterocycles. The summed E-state index contributed by atoms with van der Waals surface area (Å²) in [6.45, 7) is 6.18. The molecule has 1 aromatic carbocycles. The third-order valence-electron chi connectivity index (χ3n) is 4.36. The molecular formula is C21H27NO6. The molecule has 28 heavy (non-hydrogen) atoms. The number of benzene rings is 1. The highest BCUT2D eigenvalue weighted by molar-refractivity contribution is 6.24. The van der Waals surface area contributed by atoms with Gasteiger partial charge in [-0.05, 0) is 51.3 Å². The maximum Gasteiger partial charge on any atom is 0.328 e. The van der Waals surface area contributed by atoms with Gasteiger partial charge in [0.15, 0.2) is 17.3 Å². The quantitative estimate of drug-likeness (QED) is 0.521. The van der Waals surface area contributed by atoms with Crippen molar-refractivity contribution in [3.8, 4) is 11.5 Å². The summed E-state index contributed by atoms with van der Waals surface area (Å²) >= 11 is 0. The van der Waals surface area contributed by atoms with Crippen molar-refractivity contribution in [1.82, 2.24) is 0 Å². The van der Waals surface area contributed by atoms with E-state index in [0.29, 0.717) is 49.7 Å². The van der Waals surface area contributed by atoms with E-state index in [1.54, 1.807) is 18.2 Å². The molecule has 152 valence electrons. The molecule has 0 bridgehead atoms. The van der Waals surface area contributed by atoms with Gasteiger partial charge in [-0.3, -0.25) is 9.79 Å². The van der Waals surface area contributed by atoms with Crippen LogP contribution in [0.4, 0.5) is 0 Å². The Labute approximate surface area is 164 Å². The second-order valence-corrected chi connectivity index (χ2v) is 6.51. The van der Waals surface area contributed by atoms with Gasteiger partial charge in [0.05, 0.1) is 24.5 Å². The highest BCUT2D eigenvalue weighted by atomic mass is 16.5. The largest absolute Gasteiger partial charge is 0.511 e. The molecule has 1 unspecified atom stereocenters. The highest BCUT2D eigenvalue weighted by Crippen LogP contribution is 2.30. The Bertz CT molecular complexity index is 796. The Morgan fingerprint density at radius 3 is 2.46 bits per heavy atom. The van der Waals surface area contributed by atoms with Gasteiger partial charge in [0.1, 0.15) is 11.8 Å². The Hall–Kier alpha value is -2.83. The van der Waals surface area contributed by atoms with Crippen LogP contribution in [0.25, 0.3) is 0 Å². The zero-order chi connectivity index (χ0) is 20.7. The van der Waals surface area contributed by atoms with Crippen LogP contribution >= 0.6 is 0 Å². The standard InChI is InChI=1S/C21H27NO6/c1-4-27-18-10-9-14(12-19(18)28-5-2)11-17(24)20-15(7-6-8-16(20)23)22-13(3)21(25)26/h9-10,12-13,24H,4-8,11H2,1-3H3,(H,25,26)/b20-17+,22-15?. The van der Waals surface area contributed by atoms with Gasteiger partial charge in [0, 0.05) is 12.8 Å². The van der Waals surface area contributed by atoms with Crippen LogP contribution in [0.3, 0.4) is 0 Å².